The number of esters is 1. The SMILES string of the molecule is C#CCCCCCCCCCOC(=O)CCCCCCCBr. The van der Waals surface area contributed by atoms with Gasteiger partial charge >= 0.3 is 5.97 Å². The number of terminal acetylenes is 1. The van der Waals surface area contributed by atoms with Crippen molar-refractivity contribution in [3.05, 3.63) is 0 Å². The first-order valence-electron chi connectivity index (χ1n) is 8.96. The van der Waals surface area contributed by atoms with Crippen LogP contribution < -0.4 is 0 Å². The van der Waals surface area contributed by atoms with Crippen LogP contribution in [0.25, 0.3) is 0 Å². The quantitative estimate of drug-likeness (QED) is 0.143. The van der Waals surface area contributed by atoms with E-state index in [-0.39, 0.29) is 5.97 Å². The van der Waals surface area contributed by atoms with Crippen LogP contribution in [-0.4, -0.2) is 17.9 Å². The molecule has 22 heavy (non-hydrogen) atoms. The molecule has 3 heteroatoms. The molecule has 2 nitrogen and oxygen atoms in total. The zero-order chi connectivity index (χ0) is 16.3. The molecule has 0 unspecified atom stereocenters. The Balaban J connectivity index is 3.14. The lowest BCUT2D eigenvalue weighted by molar-refractivity contribution is -0.143. The second-order valence-corrected chi connectivity index (χ2v) is 6.65. The van der Waals surface area contributed by atoms with Gasteiger partial charge in [-0.25, -0.2) is 0 Å². The molecule has 0 spiro atoms. The average molecular weight is 373 g/mol. The summed E-state index contributed by atoms with van der Waals surface area (Å²) in [5.41, 5.74) is 0. The fourth-order valence-electron chi connectivity index (χ4n) is 2.37. The molecule has 0 aliphatic rings. The third-order valence-corrected chi connectivity index (χ3v) is 4.30. The minimum atomic E-state index is -0.0187. The first kappa shape index (κ1) is 21.5. The zero-order valence-electron chi connectivity index (χ0n) is 14.1. The number of carbonyl (C=O) groups excluding carboxylic acids is 1. The molecule has 0 aliphatic carbocycles. The van der Waals surface area contributed by atoms with E-state index in [1.54, 1.807) is 0 Å². The second kappa shape index (κ2) is 18.6. The molecule has 0 atom stereocenters. The van der Waals surface area contributed by atoms with Gasteiger partial charge in [0.15, 0.2) is 0 Å². The molecule has 0 aliphatic heterocycles. The third-order valence-electron chi connectivity index (χ3n) is 3.74. The van der Waals surface area contributed by atoms with Gasteiger partial charge in [-0.15, -0.1) is 12.3 Å². The molecule has 0 fully saturated rings. The van der Waals surface area contributed by atoms with E-state index in [0.29, 0.717) is 13.0 Å². The van der Waals surface area contributed by atoms with E-state index >= 15 is 0 Å². The molecule has 0 aromatic rings. The van der Waals surface area contributed by atoms with Gasteiger partial charge in [-0.05, 0) is 25.7 Å². The Morgan fingerprint density at radius 3 is 2.00 bits per heavy atom. The van der Waals surface area contributed by atoms with Crippen LogP contribution in [0.15, 0.2) is 0 Å². The highest BCUT2D eigenvalue weighted by Gasteiger charge is 2.02. The molecule has 0 amide bonds. The molecule has 0 saturated heterocycles. The van der Waals surface area contributed by atoms with Crippen LogP contribution in [0.3, 0.4) is 0 Å². The van der Waals surface area contributed by atoms with Crippen molar-refractivity contribution in [2.24, 2.45) is 0 Å². The van der Waals surface area contributed by atoms with Gasteiger partial charge in [-0.3, -0.25) is 4.79 Å². The zero-order valence-corrected chi connectivity index (χ0v) is 15.7. The summed E-state index contributed by atoms with van der Waals surface area (Å²) in [6.07, 6.45) is 20.9. The fourth-order valence-corrected chi connectivity index (χ4v) is 2.76. The van der Waals surface area contributed by atoms with Gasteiger partial charge in [0.1, 0.15) is 0 Å². The van der Waals surface area contributed by atoms with Gasteiger partial charge in [0, 0.05) is 18.2 Å². The van der Waals surface area contributed by atoms with Gasteiger partial charge < -0.3 is 4.74 Å². The van der Waals surface area contributed by atoms with E-state index < -0.39 is 0 Å². The van der Waals surface area contributed by atoms with Gasteiger partial charge in [0.05, 0.1) is 6.61 Å². The minimum Gasteiger partial charge on any atom is -0.466 e. The van der Waals surface area contributed by atoms with Crippen molar-refractivity contribution in [1.29, 1.82) is 0 Å². The molecule has 0 radical (unpaired) electrons. The van der Waals surface area contributed by atoms with Crippen molar-refractivity contribution in [3.8, 4) is 12.3 Å². The minimum absolute atomic E-state index is 0.0187. The lowest BCUT2D eigenvalue weighted by atomic mass is 10.1. The molecule has 0 heterocycles. The number of alkyl halides is 1. The normalized spacial score (nSPS) is 10.4. The Kier molecular flexibility index (Phi) is 18.1. The predicted molar refractivity (Wildman–Crippen MR) is 98.2 cm³/mol. The number of ether oxygens (including phenoxy) is 1. The maximum Gasteiger partial charge on any atom is 0.305 e. The number of halogens is 1. The number of hydrogen-bond acceptors (Lipinski definition) is 2. The van der Waals surface area contributed by atoms with Crippen molar-refractivity contribution in [2.75, 3.05) is 11.9 Å². The molecule has 0 saturated carbocycles. The van der Waals surface area contributed by atoms with Gasteiger partial charge in [-0.2, -0.15) is 0 Å². The molecule has 0 aromatic heterocycles. The summed E-state index contributed by atoms with van der Waals surface area (Å²) in [7, 11) is 0. The van der Waals surface area contributed by atoms with E-state index in [4.69, 9.17) is 11.2 Å². The summed E-state index contributed by atoms with van der Waals surface area (Å²) in [5.74, 6) is 2.65. The summed E-state index contributed by atoms with van der Waals surface area (Å²) in [6.45, 7) is 0.597. The number of carbonyl (C=O) groups is 1. The van der Waals surface area contributed by atoms with Crippen LogP contribution in [0.4, 0.5) is 0 Å². The fraction of sp³-hybridized carbons (Fsp3) is 0.842. The van der Waals surface area contributed by atoms with Crippen LogP contribution in [0.5, 0.6) is 0 Å². The first-order valence-corrected chi connectivity index (χ1v) is 10.1. The van der Waals surface area contributed by atoms with Gasteiger partial charge in [0.2, 0.25) is 0 Å². The molecular weight excluding hydrogens is 340 g/mol. The maximum absolute atomic E-state index is 11.5. The van der Waals surface area contributed by atoms with E-state index in [1.165, 1.54) is 44.9 Å². The number of rotatable bonds is 16. The topological polar surface area (TPSA) is 26.3 Å². The van der Waals surface area contributed by atoms with Crippen molar-refractivity contribution >= 4 is 21.9 Å². The number of hydrogen-bond donors (Lipinski definition) is 0. The van der Waals surface area contributed by atoms with Crippen LogP contribution in [0.1, 0.15) is 89.9 Å². The van der Waals surface area contributed by atoms with Crippen LogP contribution in [-0.2, 0) is 9.53 Å². The monoisotopic (exact) mass is 372 g/mol. The highest BCUT2D eigenvalue weighted by Crippen LogP contribution is 2.09. The van der Waals surface area contributed by atoms with Crippen molar-refractivity contribution < 1.29 is 9.53 Å². The largest absolute Gasteiger partial charge is 0.466 e. The highest BCUT2D eigenvalue weighted by molar-refractivity contribution is 9.09. The molecule has 128 valence electrons. The summed E-state index contributed by atoms with van der Waals surface area (Å²) in [4.78, 5) is 11.5. The molecule has 0 aromatic carbocycles. The van der Waals surface area contributed by atoms with E-state index in [2.05, 4.69) is 21.9 Å². The molecule has 0 bridgehead atoms. The summed E-state index contributed by atoms with van der Waals surface area (Å²) in [6, 6.07) is 0. The van der Waals surface area contributed by atoms with E-state index in [1.807, 2.05) is 0 Å². The Labute approximate surface area is 145 Å². The highest BCUT2D eigenvalue weighted by atomic mass is 79.9. The molecule has 0 rings (SSSR count). The lowest BCUT2D eigenvalue weighted by Gasteiger charge is -2.05. The summed E-state index contributed by atoms with van der Waals surface area (Å²) < 4.78 is 5.26. The third kappa shape index (κ3) is 17.6. The lowest BCUT2D eigenvalue weighted by Crippen LogP contribution is -2.05. The number of unbranched alkanes of at least 4 members (excludes halogenated alkanes) is 11. The van der Waals surface area contributed by atoms with Crippen LogP contribution in [0, 0.1) is 12.3 Å². The smallest absolute Gasteiger partial charge is 0.305 e. The van der Waals surface area contributed by atoms with Crippen molar-refractivity contribution in [1.82, 2.24) is 0 Å². The van der Waals surface area contributed by atoms with Gasteiger partial charge in [0.25, 0.3) is 0 Å². The molecular formula is C19H33BrO2. The Morgan fingerprint density at radius 2 is 1.36 bits per heavy atom. The standard InChI is InChI=1S/C19H33BrO2/c1-2-3-4-5-6-7-8-12-15-18-22-19(21)16-13-10-9-11-14-17-20/h1H,3-18H2. The van der Waals surface area contributed by atoms with E-state index in [9.17, 15) is 4.79 Å². The first-order chi connectivity index (χ1) is 10.8. The Morgan fingerprint density at radius 1 is 0.818 bits per heavy atom. The van der Waals surface area contributed by atoms with Gasteiger partial charge in [-0.1, -0.05) is 67.3 Å². The van der Waals surface area contributed by atoms with E-state index in [0.717, 1.165) is 43.9 Å². The molecule has 0 N–H and O–H groups in total. The Bertz CT molecular complexity index is 284. The maximum atomic E-state index is 11.5. The van der Waals surface area contributed by atoms with Crippen LogP contribution >= 0.6 is 15.9 Å². The predicted octanol–water partition coefficient (Wildman–Crippen LogP) is 6.02. The van der Waals surface area contributed by atoms with Crippen molar-refractivity contribution in [3.63, 3.8) is 0 Å². The van der Waals surface area contributed by atoms with Crippen LogP contribution in [0.2, 0.25) is 0 Å². The van der Waals surface area contributed by atoms with Crippen molar-refractivity contribution in [2.45, 2.75) is 89.9 Å². The summed E-state index contributed by atoms with van der Waals surface area (Å²) >= 11 is 3.43. The summed E-state index contributed by atoms with van der Waals surface area (Å²) in [5, 5.41) is 1.08. The average Bonchev–Trinajstić information content (AvgIpc) is 2.52. The second-order valence-electron chi connectivity index (χ2n) is 5.86. The Hall–Kier alpha value is -0.490.